The molecule has 1 saturated heterocycles. The van der Waals surface area contributed by atoms with E-state index in [0.717, 1.165) is 51.8 Å². The number of morpholine rings is 1. The fraction of sp³-hybridized carbons (Fsp3) is 1.00. The summed E-state index contributed by atoms with van der Waals surface area (Å²) in [6.07, 6.45) is 2.36. The predicted molar refractivity (Wildman–Crippen MR) is 79.6 cm³/mol. The highest BCUT2D eigenvalue weighted by Gasteiger charge is 2.22. The van der Waals surface area contributed by atoms with Crippen LogP contribution in [0.5, 0.6) is 0 Å². The highest BCUT2D eigenvalue weighted by atomic mass is 16.5. The molecule has 2 atom stereocenters. The molecule has 0 aromatic rings. The molecule has 0 radical (unpaired) electrons. The van der Waals surface area contributed by atoms with Crippen LogP contribution < -0.4 is 5.32 Å². The molecule has 1 aliphatic rings. The SMILES string of the molecule is CCC(COC)NCC(CC(C)C)N1CCOCC1. The maximum Gasteiger partial charge on any atom is 0.0615 e. The van der Waals surface area contributed by atoms with Gasteiger partial charge in [-0.1, -0.05) is 20.8 Å². The molecule has 0 bridgehead atoms. The Morgan fingerprint density at radius 1 is 1.26 bits per heavy atom. The van der Waals surface area contributed by atoms with Crippen LogP contribution in [0.2, 0.25) is 0 Å². The van der Waals surface area contributed by atoms with Gasteiger partial charge in [0.25, 0.3) is 0 Å². The van der Waals surface area contributed by atoms with Gasteiger partial charge < -0.3 is 14.8 Å². The zero-order valence-corrected chi connectivity index (χ0v) is 13.2. The standard InChI is InChI=1S/C15H32N2O2/c1-5-14(12-18-4)16-11-15(10-13(2)3)17-6-8-19-9-7-17/h13-16H,5-12H2,1-4H3. The Bertz CT molecular complexity index is 218. The third-order valence-corrected chi connectivity index (χ3v) is 3.81. The fourth-order valence-electron chi connectivity index (χ4n) is 2.67. The Kier molecular flexibility index (Phi) is 8.62. The Hall–Kier alpha value is -0.160. The molecule has 0 aliphatic carbocycles. The van der Waals surface area contributed by atoms with Gasteiger partial charge in [-0.05, 0) is 18.8 Å². The molecule has 1 fully saturated rings. The highest BCUT2D eigenvalue weighted by Crippen LogP contribution is 2.13. The third-order valence-electron chi connectivity index (χ3n) is 3.81. The molecule has 4 heteroatoms. The van der Waals surface area contributed by atoms with Crippen molar-refractivity contribution in [1.29, 1.82) is 0 Å². The van der Waals surface area contributed by atoms with Crippen LogP contribution >= 0.6 is 0 Å². The van der Waals surface area contributed by atoms with Crippen LogP contribution in [0.4, 0.5) is 0 Å². The molecule has 19 heavy (non-hydrogen) atoms. The number of ether oxygens (including phenoxy) is 2. The van der Waals surface area contributed by atoms with Crippen molar-refractivity contribution in [3.8, 4) is 0 Å². The Balaban J connectivity index is 2.43. The van der Waals surface area contributed by atoms with Gasteiger partial charge in [0.15, 0.2) is 0 Å². The molecule has 0 spiro atoms. The average Bonchev–Trinajstić information content (AvgIpc) is 2.42. The van der Waals surface area contributed by atoms with Crippen LogP contribution in [-0.4, -0.2) is 63.5 Å². The van der Waals surface area contributed by atoms with Crippen molar-refractivity contribution >= 4 is 0 Å². The van der Waals surface area contributed by atoms with Crippen molar-refractivity contribution < 1.29 is 9.47 Å². The van der Waals surface area contributed by atoms with E-state index in [2.05, 4.69) is 31.0 Å². The first-order valence-electron chi connectivity index (χ1n) is 7.71. The highest BCUT2D eigenvalue weighted by molar-refractivity contribution is 4.79. The topological polar surface area (TPSA) is 33.7 Å². The summed E-state index contributed by atoms with van der Waals surface area (Å²) in [6.45, 7) is 12.6. The Morgan fingerprint density at radius 2 is 1.95 bits per heavy atom. The summed E-state index contributed by atoms with van der Waals surface area (Å²) >= 11 is 0. The summed E-state index contributed by atoms with van der Waals surface area (Å²) in [6, 6.07) is 1.09. The molecule has 4 nitrogen and oxygen atoms in total. The summed E-state index contributed by atoms with van der Waals surface area (Å²) in [5.74, 6) is 0.733. The van der Waals surface area contributed by atoms with Gasteiger partial charge in [0.1, 0.15) is 0 Å². The molecule has 0 aromatic carbocycles. The van der Waals surface area contributed by atoms with Gasteiger partial charge in [-0.2, -0.15) is 0 Å². The minimum atomic E-state index is 0.473. The molecule has 0 saturated carbocycles. The number of rotatable bonds is 9. The minimum absolute atomic E-state index is 0.473. The van der Waals surface area contributed by atoms with Gasteiger partial charge in [-0.15, -0.1) is 0 Å². The van der Waals surface area contributed by atoms with Crippen molar-refractivity contribution in [1.82, 2.24) is 10.2 Å². The fourth-order valence-corrected chi connectivity index (χ4v) is 2.67. The van der Waals surface area contributed by atoms with E-state index in [1.807, 2.05) is 0 Å². The van der Waals surface area contributed by atoms with Gasteiger partial charge in [-0.3, -0.25) is 4.90 Å². The average molecular weight is 272 g/mol. The lowest BCUT2D eigenvalue weighted by Crippen LogP contribution is -2.50. The van der Waals surface area contributed by atoms with Crippen LogP contribution in [0.15, 0.2) is 0 Å². The molecule has 1 heterocycles. The van der Waals surface area contributed by atoms with Crippen LogP contribution in [0.3, 0.4) is 0 Å². The van der Waals surface area contributed by atoms with Gasteiger partial charge >= 0.3 is 0 Å². The summed E-state index contributed by atoms with van der Waals surface area (Å²) in [7, 11) is 1.78. The van der Waals surface area contributed by atoms with E-state index < -0.39 is 0 Å². The van der Waals surface area contributed by atoms with Crippen LogP contribution in [0.1, 0.15) is 33.6 Å². The Morgan fingerprint density at radius 3 is 2.47 bits per heavy atom. The van der Waals surface area contributed by atoms with Crippen molar-refractivity contribution in [3.05, 3.63) is 0 Å². The maximum absolute atomic E-state index is 5.46. The summed E-state index contributed by atoms with van der Waals surface area (Å²) in [5.41, 5.74) is 0. The van der Waals surface area contributed by atoms with Gasteiger partial charge in [0.2, 0.25) is 0 Å². The van der Waals surface area contributed by atoms with Crippen LogP contribution in [0, 0.1) is 5.92 Å². The quantitative estimate of drug-likeness (QED) is 0.693. The number of hydrogen-bond donors (Lipinski definition) is 1. The lowest BCUT2D eigenvalue weighted by Gasteiger charge is -2.36. The summed E-state index contributed by atoms with van der Waals surface area (Å²) in [5, 5.41) is 3.67. The molecular weight excluding hydrogens is 240 g/mol. The largest absolute Gasteiger partial charge is 0.383 e. The zero-order valence-electron chi connectivity index (χ0n) is 13.2. The zero-order chi connectivity index (χ0) is 14.1. The lowest BCUT2D eigenvalue weighted by atomic mass is 10.0. The first kappa shape index (κ1) is 16.9. The first-order chi connectivity index (χ1) is 9.17. The summed E-state index contributed by atoms with van der Waals surface area (Å²) in [4.78, 5) is 2.58. The van der Waals surface area contributed by atoms with E-state index in [1.165, 1.54) is 6.42 Å². The van der Waals surface area contributed by atoms with E-state index in [0.29, 0.717) is 12.1 Å². The number of nitrogens with one attached hydrogen (secondary N) is 1. The predicted octanol–water partition coefficient (Wildman–Crippen LogP) is 1.75. The Labute approximate surface area is 118 Å². The molecule has 0 amide bonds. The van der Waals surface area contributed by atoms with Gasteiger partial charge in [-0.25, -0.2) is 0 Å². The van der Waals surface area contributed by atoms with Crippen LogP contribution in [0.25, 0.3) is 0 Å². The normalized spacial score (nSPS) is 20.7. The van der Waals surface area contributed by atoms with Gasteiger partial charge in [0, 0.05) is 38.8 Å². The first-order valence-corrected chi connectivity index (χ1v) is 7.71. The minimum Gasteiger partial charge on any atom is -0.383 e. The molecule has 1 aliphatic heterocycles. The van der Waals surface area contributed by atoms with E-state index >= 15 is 0 Å². The van der Waals surface area contributed by atoms with Gasteiger partial charge in [0.05, 0.1) is 19.8 Å². The molecule has 1 rings (SSSR count). The van der Waals surface area contributed by atoms with E-state index in [1.54, 1.807) is 7.11 Å². The monoisotopic (exact) mass is 272 g/mol. The van der Waals surface area contributed by atoms with Crippen molar-refractivity contribution in [3.63, 3.8) is 0 Å². The molecule has 114 valence electrons. The molecule has 2 unspecified atom stereocenters. The molecular formula is C15H32N2O2. The maximum atomic E-state index is 5.46. The van der Waals surface area contributed by atoms with E-state index in [9.17, 15) is 0 Å². The second-order valence-corrected chi connectivity index (χ2v) is 5.90. The second-order valence-electron chi connectivity index (χ2n) is 5.90. The van der Waals surface area contributed by atoms with Crippen molar-refractivity contribution in [2.45, 2.75) is 45.7 Å². The smallest absolute Gasteiger partial charge is 0.0615 e. The second kappa shape index (κ2) is 9.70. The van der Waals surface area contributed by atoms with E-state index in [4.69, 9.17) is 9.47 Å². The number of methoxy groups -OCH3 is 1. The van der Waals surface area contributed by atoms with Crippen LogP contribution in [-0.2, 0) is 9.47 Å². The number of nitrogens with zero attached hydrogens (tertiary/aromatic N) is 1. The summed E-state index contributed by atoms with van der Waals surface area (Å²) < 4.78 is 10.7. The van der Waals surface area contributed by atoms with Crippen molar-refractivity contribution in [2.24, 2.45) is 5.92 Å². The van der Waals surface area contributed by atoms with E-state index in [-0.39, 0.29) is 0 Å². The lowest BCUT2D eigenvalue weighted by molar-refractivity contribution is 0.0111. The third kappa shape index (κ3) is 6.70. The molecule has 0 aromatic heterocycles. The molecule has 1 N–H and O–H groups in total. The van der Waals surface area contributed by atoms with Crippen molar-refractivity contribution in [2.75, 3.05) is 46.6 Å². The number of hydrogen-bond acceptors (Lipinski definition) is 4.